The van der Waals surface area contributed by atoms with E-state index in [2.05, 4.69) is 45.3 Å². The van der Waals surface area contributed by atoms with E-state index in [9.17, 15) is 0 Å². The first-order valence-electron chi connectivity index (χ1n) is 7.10. The molecular formula is C14H32N2. The van der Waals surface area contributed by atoms with Crippen molar-refractivity contribution in [3.63, 3.8) is 0 Å². The summed E-state index contributed by atoms with van der Waals surface area (Å²) in [5.41, 5.74) is 0.113. The lowest BCUT2D eigenvalue weighted by Gasteiger charge is -2.34. The first-order chi connectivity index (χ1) is 7.58. The van der Waals surface area contributed by atoms with Crippen LogP contribution in [0, 0.1) is 0 Å². The zero-order chi connectivity index (χ0) is 12.4. The highest BCUT2D eigenvalue weighted by Gasteiger charge is 2.21. The van der Waals surface area contributed by atoms with Gasteiger partial charge in [0.15, 0.2) is 0 Å². The van der Waals surface area contributed by atoms with Crippen molar-refractivity contribution in [2.45, 2.75) is 84.8 Å². The molecule has 0 aliphatic carbocycles. The molecule has 0 aromatic rings. The minimum absolute atomic E-state index is 0.113. The lowest BCUT2D eigenvalue weighted by Crippen LogP contribution is -2.57. The van der Waals surface area contributed by atoms with Crippen molar-refractivity contribution in [1.82, 2.24) is 10.6 Å². The number of hydrogen-bond acceptors (Lipinski definition) is 2. The highest BCUT2D eigenvalue weighted by molar-refractivity contribution is 4.81. The minimum Gasteiger partial charge on any atom is -0.300 e. The lowest BCUT2D eigenvalue weighted by molar-refractivity contribution is 0.239. The Kier molecular flexibility index (Phi) is 8.96. The van der Waals surface area contributed by atoms with Crippen molar-refractivity contribution in [3.8, 4) is 0 Å². The summed E-state index contributed by atoms with van der Waals surface area (Å²) in [4.78, 5) is 0. The van der Waals surface area contributed by atoms with Gasteiger partial charge in [0.2, 0.25) is 0 Å². The average molecular weight is 228 g/mol. The highest BCUT2D eigenvalue weighted by Crippen LogP contribution is 2.09. The van der Waals surface area contributed by atoms with Crippen LogP contribution >= 0.6 is 0 Å². The second kappa shape index (κ2) is 9.00. The Morgan fingerprint density at radius 2 is 1.75 bits per heavy atom. The van der Waals surface area contributed by atoms with Gasteiger partial charge in [0.25, 0.3) is 0 Å². The van der Waals surface area contributed by atoms with Gasteiger partial charge in [0.1, 0.15) is 0 Å². The molecule has 2 unspecified atom stereocenters. The topological polar surface area (TPSA) is 24.1 Å². The van der Waals surface area contributed by atoms with Crippen LogP contribution in [-0.2, 0) is 0 Å². The maximum absolute atomic E-state index is 3.71. The molecule has 0 bridgehead atoms. The smallest absolute Gasteiger partial charge is 0.0657 e. The Hall–Kier alpha value is -0.0800. The summed E-state index contributed by atoms with van der Waals surface area (Å²) in [6, 6.07) is 0.605. The molecule has 0 saturated heterocycles. The van der Waals surface area contributed by atoms with Gasteiger partial charge in [-0.1, -0.05) is 40.0 Å². The normalized spacial score (nSPS) is 17.1. The second-order valence-electron chi connectivity index (χ2n) is 5.15. The van der Waals surface area contributed by atoms with E-state index in [1.165, 1.54) is 32.1 Å². The molecule has 0 rings (SSSR count). The monoisotopic (exact) mass is 228 g/mol. The summed E-state index contributed by atoms with van der Waals surface area (Å²) in [7, 11) is 0. The lowest BCUT2D eigenvalue weighted by atomic mass is 10.1. The molecule has 0 amide bonds. The molecule has 2 atom stereocenters. The van der Waals surface area contributed by atoms with Gasteiger partial charge in [-0.3, -0.25) is 10.6 Å². The van der Waals surface area contributed by atoms with E-state index in [0.717, 1.165) is 13.0 Å². The Bertz CT molecular complexity index is 159. The fourth-order valence-electron chi connectivity index (χ4n) is 2.07. The van der Waals surface area contributed by atoms with Crippen LogP contribution in [0.1, 0.15) is 73.1 Å². The highest BCUT2D eigenvalue weighted by atomic mass is 15.2. The molecule has 0 radical (unpaired) electrons. The molecule has 0 saturated carbocycles. The largest absolute Gasteiger partial charge is 0.300 e. The molecule has 0 aromatic carbocycles. The van der Waals surface area contributed by atoms with Crippen LogP contribution in [0.25, 0.3) is 0 Å². The van der Waals surface area contributed by atoms with E-state index >= 15 is 0 Å². The van der Waals surface area contributed by atoms with E-state index < -0.39 is 0 Å². The van der Waals surface area contributed by atoms with Gasteiger partial charge in [0.05, 0.1) is 5.66 Å². The summed E-state index contributed by atoms with van der Waals surface area (Å²) in [6.45, 7) is 12.4. The zero-order valence-electron chi connectivity index (χ0n) is 12.0. The van der Waals surface area contributed by atoms with Crippen molar-refractivity contribution in [2.24, 2.45) is 0 Å². The van der Waals surface area contributed by atoms with Crippen molar-refractivity contribution < 1.29 is 0 Å². The maximum Gasteiger partial charge on any atom is 0.0657 e. The van der Waals surface area contributed by atoms with Gasteiger partial charge in [-0.15, -0.1) is 0 Å². The van der Waals surface area contributed by atoms with Crippen LogP contribution in [0.5, 0.6) is 0 Å². The fourth-order valence-corrected chi connectivity index (χ4v) is 2.07. The standard InChI is InChI=1S/C14H32N2/c1-6-9-10-12-15-14(5,8-3)16-13(4)11-7-2/h13,15-16H,6-12H2,1-5H3. The SMILES string of the molecule is CCCCCNC(C)(CC)NC(C)CCC. The Balaban J connectivity index is 3.89. The van der Waals surface area contributed by atoms with Crippen LogP contribution in [0.3, 0.4) is 0 Å². The van der Waals surface area contributed by atoms with E-state index in [1.54, 1.807) is 0 Å². The Labute approximate surface area is 103 Å². The minimum atomic E-state index is 0.113. The molecular weight excluding hydrogens is 196 g/mol. The molecule has 98 valence electrons. The van der Waals surface area contributed by atoms with Crippen LogP contribution in [-0.4, -0.2) is 18.2 Å². The molecule has 0 fully saturated rings. The number of nitrogens with one attached hydrogen (secondary N) is 2. The molecule has 16 heavy (non-hydrogen) atoms. The first kappa shape index (κ1) is 15.9. The molecule has 0 aliphatic rings. The Morgan fingerprint density at radius 3 is 2.25 bits per heavy atom. The second-order valence-corrected chi connectivity index (χ2v) is 5.15. The third-order valence-corrected chi connectivity index (χ3v) is 3.29. The molecule has 2 heteroatoms. The summed E-state index contributed by atoms with van der Waals surface area (Å²) in [5.74, 6) is 0. The summed E-state index contributed by atoms with van der Waals surface area (Å²) >= 11 is 0. The summed E-state index contributed by atoms with van der Waals surface area (Å²) in [6.07, 6.45) is 7.56. The van der Waals surface area contributed by atoms with Crippen LogP contribution in [0.2, 0.25) is 0 Å². The first-order valence-corrected chi connectivity index (χ1v) is 7.10. The fraction of sp³-hybridized carbons (Fsp3) is 1.00. The molecule has 0 heterocycles. The summed E-state index contributed by atoms with van der Waals surface area (Å²) in [5, 5.41) is 7.37. The molecule has 0 spiro atoms. The van der Waals surface area contributed by atoms with Gasteiger partial charge in [-0.2, -0.15) is 0 Å². The van der Waals surface area contributed by atoms with Gasteiger partial charge in [-0.05, 0) is 39.7 Å². The summed E-state index contributed by atoms with van der Waals surface area (Å²) < 4.78 is 0. The van der Waals surface area contributed by atoms with Gasteiger partial charge < -0.3 is 0 Å². The number of rotatable bonds is 10. The zero-order valence-corrected chi connectivity index (χ0v) is 12.0. The molecule has 0 aliphatic heterocycles. The third kappa shape index (κ3) is 7.24. The van der Waals surface area contributed by atoms with Gasteiger partial charge in [0, 0.05) is 6.04 Å². The van der Waals surface area contributed by atoms with Crippen molar-refractivity contribution in [3.05, 3.63) is 0 Å². The van der Waals surface area contributed by atoms with Crippen LogP contribution in [0.4, 0.5) is 0 Å². The molecule has 0 aromatic heterocycles. The molecule has 2 nitrogen and oxygen atoms in total. The van der Waals surface area contributed by atoms with E-state index in [-0.39, 0.29) is 5.66 Å². The van der Waals surface area contributed by atoms with Gasteiger partial charge >= 0.3 is 0 Å². The quantitative estimate of drug-likeness (QED) is 0.440. The van der Waals surface area contributed by atoms with Crippen molar-refractivity contribution in [2.75, 3.05) is 6.54 Å². The van der Waals surface area contributed by atoms with Crippen LogP contribution in [0.15, 0.2) is 0 Å². The maximum atomic E-state index is 3.71. The van der Waals surface area contributed by atoms with Crippen molar-refractivity contribution in [1.29, 1.82) is 0 Å². The van der Waals surface area contributed by atoms with E-state index in [0.29, 0.717) is 6.04 Å². The van der Waals surface area contributed by atoms with Gasteiger partial charge in [-0.25, -0.2) is 0 Å². The third-order valence-electron chi connectivity index (χ3n) is 3.29. The predicted molar refractivity (Wildman–Crippen MR) is 73.7 cm³/mol. The molecule has 2 N–H and O–H groups in total. The van der Waals surface area contributed by atoms with E-state index in [4.69, 9.17) is 0 Å². The number of hydrogen-bond donors (Lipinski definition) is 2. The Morgan fingerprint density at radius 1 is 1.06 bits per heavy atom. The number of unbranched alkanes of at least 4 members (excludes halogenated alkanes) is 2. The van der Waals surface area contributed by atoms with Crippen LogP contribution < -0.4 is 10.6 Å². The predicted octanol–water partition coefficient (Wildman–Crippen LogP) is 3.67. The van der Waals surface area contributed by atoms with Crippen molar-refractivity contribution >= 4 is 0 Å². The van der Waals surface area contributed by atoms with E-state index in [1.807, 2.05) is 0 Å². The average Bonchev–Trinajstić information content (AvgIpc) is 2.25.